The van der Waals surface area contributed by atoms with Crippen LogP contribution in [-0.4, -0.2) is 42.3 Å². The third kappa shape index (κ3) is 4.99. The number of hydrogen-bond acceptors (Lipinski definition) is 7. The fourth-order valence-corrected chi connectivity index (χ4v) is 4.45. The molecular weight excluding hydrogens is 465 g/mol. The van der Waals surface area contributed by atoms with Crippen molar-refractivity contribution in [2.75, 3.05) is 6.61 Å². The molecule has 1 aliphatic heterocycles. The Kier molecular flexibility index (Phi) is 7.05. The van der Waals surface area contributed by atoms with E-state index in [-0.39, 0.29) is 36.5 Å². The number of benzene rings is 1. The molecule has 3 N–H and O–H groups in total. The summed E-state index contributed by atoms with van der Waals surface area (Å²) in [6.45, 7) is 6.76. The van der Waals surface area contributed by atoms with Gasteiger partial charge in [0.2, 0.25) is 5.03 Å². The van der Waals surface area contributed by atoms with Crippen molar-refractivity contribution in [3.63, 3.8) is 0 Å². The number of ether oxygens (including phenoxy) is 2. The third-order valence-electron chi connectivity index (χ3n) is 5.01. The van der Waals surface area contributed by atoms with E-state index >= 15 is 0 Å². The summed E-state index contributed by atoms with van der Waals surface area (Å²) in [5.41, 5.74) is 1.30. The summed E-state index contributed by atoms with van der Waals surface area (Å²) in [5, 5.41) is 12.1. The lowest BCUT2D eigenvalue weighted by Gasteiger charge is -2.22. The molecular formula is C20H25F3N4O5S. The summed E-state index contributed by atoms with van der Waals surface area (Å²) in [7, 11) is -2.48. The van der Waals surface area contributed by atoms with Gasteiger partial charge in [0.15, 0.2) is 28.3 Å². The number of hydrazine groups is 1. The molecule has 0 bridgehead atoms. The predicted molar refractivity (Wildman–Crippen MR) is 111 cm³/mol. The number of aromatic nitrogens is 2. The lowest BCUT2D eigenvalue weighted by Crippen LogP contribution is -2.40. The van der Waals surface area contributed by atoms with Gasteiger partial charge in [-0.15, -0.1) is 8.78 Å². The van der Waals surface area contributed by atoms with Gasteiger partial charge in [-0.25, -0.2) is 14.4 Å². The number of alkyl halides is 2. The van der Waals surface area contributed by atoms with Crippen LogP contribution in [0.4, 0.5) is 13.2 Å². The van der Waals surface area contributed by atoms with Crippen LogP contribution in [0.3, 0.4) is 0 Å². The highest BCUT2D eigenvalue weighted by atomic mass is 32.2. The van der Waals surface area contributed by atoms with Crippen LogP contribution in [0, 0.1) is 5.82 Å². The topological polar surface area (TPSA) is 120 Å². The molecule has 2 aromatic rings. The number of carbonyl (C=O) groups excluding carboxylic acids is 1. The van der Waals surface area contributed by atoms with Crippen LogP contribution in [0.5, 0.6) is 11.5 Å². The second-order valence-electron chi connectivity index (χ2n) is 8.08. The first kappa shape index (κ1) is 25.0. The standard InChI is InChI=1S/C20H25F3N4O5S/c1-10(2)12-7-15-18(32-20(22,23)31-15)17(11(3)4)13(12)8-16(29)27(24)33(30)19-14(21)9-26(25-19)5-6-28/h7,9-11,28H,5-6,8,24H2,1-4H3. The second kappa shape index (κ2) is 9.31. The van der Waals surface area contributed by atoms with Crippen LogP contribution in [0.2, 0.25) is 0 Å². The van der Waals surface area contributed by atoms with Crippen molar-refractivity contribution in [1.82, 2.24) is 14.2 Å². The first-order valence-electron chi connectivity index (χ1n) is 10.1. The van der Waals surface area contributed by atoms with Gasteiger partial charge in [0.1, 0.15) is 0 Å². The Balaban J connectivity index is 1.97. The van der Waals surface area contributed by atoms with Gasteiger partial charge in [0, 0.05) is 5.56 Å². The highest BCUT2D eigenvalue weighted by molar-refractivity contribution is 7.83. The number of hydrogen-bond donors (Lipinski definition) is 2. The van der Waals surface area contributed by atoms with Gasteiger partial charge in [-0.2, -0.15) is 9.51 Å². The summed E-state index contributed by atoms with van der Waals surface area (Å²) in [4.78, 5) is 12.9. The Bertz CT molecular complexity index is 1090. The first-order valence-corrected chi connectivity index (χ1v) is 11.3. The molecule has 33 heavy (non-hydrogen) atoms. The maximum absolute atomic E-state index is 14.1. The molecule has 1 aliphatic rings. The molecule has 0 saturated heterocycles. The monoisotopic (exact) mass is 490 g/mol. The summed E-state index contributed by atoms with van der Waals surface area (Å²) in [6, 6.07) is 1.39. The molecule has 0 fully saturated rings. The number of halogens is 3. The molecule has 3 rings (SSSR count). The molecule has 1 aromatic carbocycles. The summed E-state index contributed by atoms with van der Waals surface area (Å²) in [5.74, 6) is 3.12. The minimum atomic E-state index is -3.84. The Morgan fingerprint density at radius 1 is 1.30 bits per heavy atom. The molecule has 0 saturated carbocycles. The van der Waals surface area contributed by atoms with Gasteiger partial charge in [-0.1, -0.05) is 27.7 Å². The van der Waals surface area contributed by atoms with E-state index in [1.54, 1.807) is 13.8 Å². The number of amides is 1. The van der Waals surface area contributed by atoms with E-state index in [1.807, 2.05) is 13.8 Å². The number of rotatable bonds is 8. The average molecular weight is 491 g/mol. The van der Waals surface area contributed by atoms with Gasteiger partial charge in [0.25, 0.3) is 5.91 Å². The van der Waals surface area contributed by atoms with Crippen molar-refractivity contribution in [1.29, 1.82) is 0 Å². The number of fused-ring (bicyclic) bond motifs is 1. The molecule has 1 unspecified atom stereocenters. The van der Waals surface area contributed by atoms with E-state index < -0.39 is 40.5 Å². The number of aliphatic hydroxyl groups excluding tert-OH is 1. The van der Waals surface area contributed by atoms with Crippen molar-refractivity contribution in [2.24, 2.45) is 5.84 Å². The van der Waals surface area contributed by atoms with E-state index in [9.17, 15) is 22.2 Å². The molecule has 1 atom stereocenters. The Morgan fingerprint density at radius 2 is 1.97 bits per heavy atom. The molecule has 13 heteroatoms. The Morgan fingerprint density at radius 3 is 2.55 bits per heavy atom. The average Bonchev–Trinajstić information content (AvgIpc) is 3.23. The number of carbonyl (C=O) groups is 1. The predicted octanol–water partition coefficient (Wildman–Crippen LogP) is 2.55. The van der Waals surface area contributed by atoms with Crippen LogP contribution >= 0.6 is 0 Å². The van der Waals surface area contributed by atoms with E-state index in [0.29, 0.717) is 21.1 Å². The van der Waals surface area contributed by atoms with Gasteiger partial charge in [0.05, 0.1) is 25.8 Å². The smallest absolute Gasteiger partial charge is 0.395 e. The summed E-state index contributed by atoms with van der Waals surface area (Å²) >= 11 is 0. The second-order valence-corrected chi connectivity index (χ2v) is 9.35. The zero-order valence-corrected chi connectivity index (χ0v) is 19.3. The first-order chi connectivity index (χ1) is 15.4. The highest BCUT2D eigenvalue weighted by Gasteiger charge is 2.46. The van der Waals surface area contributed by atoms with Crippen LogP contribution in [0.25, 0.3) is 0 Å². The van der Waals surface area contributed by atoms with Crippen molar-refractivity contribution in [3.05, 3.63) is 34.8 Å². The lowest BCUT2D eigenvalue weighted by atomic mass is 9.86. The highest BCUT2D eigenvalue weighted by Crippen LogP contribution is 2.49. The largest absolute Gasteiger partial charge is 0.586 e. The normalized spacial score (nSPS) is 15.4. The van der Waals surface area contributed by atoms with Crippen molar-refractivity contribution in [3.8, 4) is 11.5 Å². The quantitative estimate of drug-likeness (QED) is 0.332. The van der Waals surface area contributed by atoms with Crippen LogP contribution in [0.15, 0.2) is 17.3 Å². The number of nitrogens with two attached hydrogens (primary N) is 1. The van der Waals surface area contributed by atoms with Gasteiger partial charge >= 0.3 is 6.29 Å². The molecule has 9 nitrogen and oxygen atoms in total. The van der Waals surface area contributed by atoms with Crippen LogP contribution in [0.1, 0.15) is 56.2 Å². The molecule has 0 aliphatic carbocycles. The molecule has 1 aromatic heterocycles. The number of nitrogens with zero attached hydrogens (tertiary/aromatic N) is 3. The van der Waals surface area contributed by atoms with Crippen molar-refractivity contribution < 1.29 is 36.8 Å². The van der Waals surface area contributed by atoms with Gasteiger partial charge in [-0.3, -0.25) is 9.48 Å². The molecule has 2 heterocycles. The van der Waals surface area contributed by atoms with Crippen LogP contribution in [-0.2, 0) is 28.7 Å². The minimum absolute atomic E-state index is 0.0377. The fourth-order valence-electron chi connectivity index (χ4n) is 3.62. The molecule has 0 spiro atoms. The van der Waals surface area contributed by atoms with E-state index in [1.165, 1.54) is 6.07 Å². The van der Waals surface area contributed by atoms with Crippen molar-refractivity contribution >= 4 is 16.9 Å². The maximum atomic E-state index is 14.1. The minimum Gasteiger partial charge on any atom is -0.395 e. The molecule has 182 valence electrons. The van der Waals surface area contributed by atoms with E-state index in [0.717, 1.165) is 10.9 Å². The Hall–Kier alpha value is -2.64. The maximum Gasteiger partial charge on any atom is 0.586 e. The van der Waals surface area contributed by atoms with E-state index in [2.05, 4.69) is 9.84 Å². The zero-order valence-electron chi connectivity index (χ0n) is 18.5. The van der Waals surface area contributed by atoms with Gasteiger partial charge < -0.3 is 14.6 Å². The molecule has 1 amide bonds. The Labute approximate surface area is 190 Å². The lowest BCUT2D eigenvalue weighted by molar-refractivity contribution is -0.287. The van der Waals surface area contributed by atoms with Crippen molar-refractivity contribution in [2.45, 2.75) is 63.8 Å². The van der Waals surface area contributed by atoms with Gasteiger partial charge in [-0.05, 0) is 29.0 Å². The van der Waals surface area contributed by atoms with Crippen LogP contribution < -0.4 is 15.3 Å². The van der Waals surface area contributed by atoms with E-state index in [4.69, 9.17) is 15.7 Å². The fraction of sp³-hybridized carbons (Fsp3) is 0.500. The number of aliphatic hydroxyl groups is 1. The summed E-state index contributed by atoms with van der Waals surface area (Å²) in [6.07, 6.45) is -3.31. The third-order valence-corrected chi connectivity index (χ3v) is 6.18. The summed E-state index contributed by atoms with van der Waals surface area (Å²) < 4.78 is 65.1. The zero-order chi connectivity index (χ0) is 24.7. The molecule has 0 radical (unpaired) electrons. The SMILES string of the molecule is CC(C)c1cc2c(c(C(C)C)c1CC(=O)N(N)S(=O)c1nn(CCO)cc1F)OC(F)(F)O2.